The van der Waals surface area contributed by atoms with Gasteiger partial charge in [0.2, 0.25) is 0 Å². The Labute approximate surface area is 132 Å². The summed E-state index contributed by atoms with van der Waals surface area (Å²) < 4.78 is 13.5. The summed E-state index contributed by atoms with van der Waals surface area (Å²) in [5, 5.41) is 6.54. The van der Waals surface area contributed by atoms with Crippen molar-refractivity contribution in [1.29, 1.82) is 0 Å². The van der Waals surface area contributed by atoms with Gasteiger partial charge in [-0.1, -0.05) is 18.6 Å². The second-order valence-electron chi connectivity index (χ2n) is 5.84. The number of rotatable bonds is 5. The number of likely N-dealkylation sites (tertiary alicyclic amines) is 1. The van der Waals surface area contributed by atoms with Crippen LogP contribution in [-0.4, -0.2) is 44.1 Å². The first-order chi connectivity index (χ1) is 10.7. The Hall–Kier alpha value is -1.62. The fourth-order valence-corrected chi connectivity index (χ4v) is 2.67. The van der Waals surface area contributed by atoms with Gasteiger partial charge in [-0.05, 0) is 50.0 Å². The highest BCUT2D eigenvalue weighted by atomic mass is 19.1. The molecule has 0 unspecified atom stereocenters. The van der Waals surface area contributed by atoms with Crippen molar-refractivity contribution < 1.29 is 4.39 Å². The van der Waals surface area contributed by atoms with Gasteiger partial charge in [-0.25, -0.2) is 4.39 Å². The van der Waals surface area contributed by atoms with Crippen molar-refractivity contribution in [3.63, 3.8) is 0 Å². The van der Waals surface area contributed by atoms with Gasteiger partial charge in [0.25, 0.3) is 0 Å². The summed E-state index contributed by atoms with van der Waals surface area (Å²) >= 11 is 0. The number of nitrogens with one attached hydrogen (secondary N) is 2. The molecule has 1 saturated heterocycles. The molecule has 0 atom stereocenters. The highest BCUT2D eigenvalue weighted by Crippen LogP contribution is 2.09. The van der Waals surface area contributed by atoms with Crippen LogP contribution < -0.4 is 10.6 Å². The van der Waals surface area contributed by atoms with Crippen LogP contribution in [0.5, 0.6) is 0 Å². The number of piperidine rings is 1. The summed E-state index contributed by atoms with van der Waals surface area (Å²) in [5.41, 5.74) is 1.59. The number of guanidine groups is 1. The Morgan fingerprint density at radius 3 is 2.68 bits per heavy atom. The smallest absolute Gasteiger partial charge is 0.191 e. The van der Waals surface area contributed by atoms with Gasteiger partial charge in [0.1, 0.15) is 5.82 Å². The lowest BCUT2D eigenvalue weighted by atomic mass is 10.1. The van der Waals surface area contributed by atoms with E-state index in [2.05, 4.69) is 20.5 Å². The molecule has 5 heteroatoms. The molecule has 122 valence electrons. The third kappa shape index (κ3) is 5.30. The van der Waals surface area contributed by atoms with E-state index in [1.165, 1.54) is 32.4 Å². The number of hydrogen-bond acceptors (Lipinski definition) is 2. The standard InChI is InChI=1S/C17H27FN4/c1-14-6-7-15(12-16(14)18)13-21-17(19-2)20-8-11-22-9-4-3-5-10-22/h6-7,12H,3-5,8-11,13H2,1-2H3,(H2,19,20,21). The Morgan fingerprint density at radius 2 is 2.00 bits per heavy atom. The second-order valence-corrected chi connectivity index (χ2v) is 5.84. The van der Waals surface area contributed by atoms with Crippen molar-refractivity contribution in [2.45, 2.75) is 32.7 Å². The molecule has 0 aliphatic carbocycles. The number of aliphatic imine (C=N–C) groups is 1. The lowest BCUT2D eigenvalue weighted by molar-refractivity contribution is 0.232. The molecule has 0 amide bonds. The van der Waals surface area contributed by atoms with Gasteiger partial charge < -0.3 is 15.5 Å². The van der Waals surface area contributed by atoms with Gasteiger partial charge in [0.15, 0.2) is 5.96 Å². The minimum Gasteiger partial charge on any atom is -0.355 e. The molecule has 1 aromatic carbocycles. The topological polar surface area (TPSA) is 39.7 Å². The van der Waals surface area contributed by atoms with Crippen LogP contribution in [0.1, 0.15) is 30.4 Å². The molecule has 1 fully saturated rings. The van der Waals surface area contributed by atoms with Crippen molar-refractivity contribution >= 4 is 5.96 Å². The number of nitrogens with zero attached hydrogens (tertiary/aromatic N) is 2. The minimum atomic E-state index is -0.160. The van der Waals surface area contributed by atoms with E-state index in [1.54, 1.807) is 26.1 Å². The van der Waals surface area contributed by atoms with Crippen molar-refractivity contribution in [2.75, 3.05) is 33.2 Å². The molecular weight excluding hydrogens is 279 g/mol. The highest BCUT2D eigenvalue weighted by molar-refractivity contribution is 5.79. The van der Waals surface area contributed by atoms with E-state index in [0.717, 1.165) is 24.6 Å². The van der Waals surface area contributed by atoms with Crippen molar-refractivity contribution in [3.8, 4) is 0 Å². The zero-order chi connectivity index (χ0) is 15.8. The van der Waals surface area contributed by atoms with Crippen LogP contribution in [0.25, 0.3) is 0 Å². The molecule has 1 aliphatic rings. The van der Waals surface area contributed by atoms with E-state index in [1.807, 2.05) is 6.07 Å². The van der Waals surface area contributed by atoms with Gasteiger partial charge >= 0.3 is 0 Å². The molecule has 1 heterocycles. The monoisotopic (exact) mass is 306 g/mol. The van der Waals surface area contributed by atoms with Crippen LogP contribution in [0, 0.1) is 12.7 Å². The van der Waals surface area contributed by atoms with E-state index in [9.17, 15) is 4.39 Å². The number of aryl methyl sites for hydroxylation is 1. The lowest BCUT2D eigenvalue weighted by Gasteiger charge is -2.26. The van der Waals surface area contributed by atoms with Crippen molar-refractivity contribution in [3.05, 3.63) is 35.1 Å². The summed E-state index contributed by atoms with van der Waals surface area (Å²) in [6.07, 6.45) is 3.98. The summed E-state index contributed by atoms with van der Waals surface area (Å²) in [6.45, 7) is 6.67. The highest BCUT2D eigenvalue weighted by Gasteiger charge is 2.09. The van der Waals surface area contributed by atoms with Gasteiger partial charge in [0, 0.05) is 26.7 Å². The SMILES string of the molecule is CN=C(NCCN1CCCCC1)NCc1ccc(C)c(F)c1. The van der Waals surface area contributed by atoms with E-state index in [4.69, 9.17) is 0 Å². The number of benzene rings is 1. The summed E-state index contributed by atoms with van der Waals surface area (Å²) in [6, 6.07) is 5.31. The lowest BCUT2D eigenvalue weighted by Crippen LogP contribution is -2.42. The van der Waals surface area contributed by atoms with E-state index < -0.39 is 0 Å². The predicted molar refractivity (Wildman–Crippen MR) is 89.6 cm³/mol. The van der Waals surface area contributed by atoms with Crippen LogP contribution in [-0.2, 0) is 6.54 Å². The van der Waals surface area contributed by atoms with Gasteiger partial charge in [-0.2, -0.15) is 0 Å². The maximum absolute atomic E-state index is 13.5. The Balaban J connectivity index is 1.71. The van der Waals surface area contributed by atoms with Crippen LogP contribution >= 0.6 is 0 Å². The average Bonchev–Trinajstić information content (AvgIpc) is 2.55. The minimum absolute atomic E-state index is 0.160. The van der Waals surface area contributed by atoms with Crippen LogP contribution in [0.4, 0.5) is 4.39 Å². The van der Waals surface area contributed by atoms with Crippen LogP contribution in [0.15, 0.2) is 23.2 Å². The third-order valence-electron chi connectivity index (χ3n) is 4.09. The van der Waals surface area contributed by atoms with Gasteiger partial charge in [-0.15, -0.1) is 0 Å². The maximum Gasteiger partial charge on any atom is 0.191 e. The first-order valence-corrected chi connectivity index (χ1v) is 8.11. The van der Waals surface area contributed by atoms with Gasteiger partial charge in [0.05, 0.1) is 0 Å². The number of hydrogen-bond donors (Lipinski definition) is 2. The van der Waals surface area contributed by atoms with Crippen molar-refractivity contribution in [1.82, 2.24) is 15.5 Å². The largest absolute Gasteiger partial charge is 0.355 e. The molecule has 0 saturated carbocycles. The molecule has 0 radical (unpaired) electrons. The molecular formula is C17H27FN4. The maximum atomic E-state index is 13.5. The van der Waals surface area contributed by atoms with Crippen LogP contribution in [0.2, 0.25) is 0 Å². The fraction of sp³-hybridized carbons (Fsp3) is 0.588. The van der Waals surface area contributed by atoms with E-state index >= 15 is 0 Å². The zero-order valence-electron chi connectivity index (χ0n) is 13.7. The fourth-order valence-electron chi connectivity index (χ4n) is 2.67. The Morgan fingerprint density at radius 1 is 1.23 bits per heavy atom. The summed E-state index contributed by atoms with van der Waals surface area (Å²) in [4.78, 5) is 6.69. The first-order valence-electron chi connectivity index (χ1n) is 8.11. The second kappa shape index (κ2) is 8.73. The third-order valence-corrected chi connectivity index (χ3v) is 4.09. The van der Waals surface area contributed by atoms with Gasteiger partial charge in [-0.3, -0.25) is 4.99 Å². The molecule has 0 spiro atoms. The van der Waals surface area contributed by atoms with E-state index in [0.29, 0.717) is 12.1 Å². The predicted octanol–water partition coefficient (Wildman–Crippen LogP) is 2.29. The molecule has 4 nitrogen and oxygen atoms in total. The Kier molecular flexibility index (Phi) is 6.65. The van der Waals surface area contributed by atoms with Crippen molar-refractivity contribution in [2.24, 2.45) is 4.99 Å². The molecule has 22 heavy (non-hydrogen) atoms. The van der Waals surface area contributed by atoms with E-state index in [-0.39, 0.29) is 5.82 Å². The summed E-state index contributed by atoms with van der Waals surface area (Å²) in [7, 11) is 1.76. The molecule has 2 rings (SSSR count). The van der Waals surface area contributed by atoms with Crippen LogP contribution in [0.3, 0.4) is 0 Å². The zero-order valence-corrected chi connectivity index (χ0v) is 13.7. The number of halogens is 1. The Bertz CT molecular complexity index is 495. The quantitative estimate of drug-likeness (QED) is 0.648. The molecule has 0 aromatic heterocycles. The first kappa shape index (κ1) is 16.7. The molecule has 1 aromatic rings. The average molecular weight is 306 g/mol. The molecule has 0 bridgehead atoms. The normalized spacial score (nSPS) is 16.6. The molecule has 1 aliphatic heterocycles. The summed E-state index contributed by atoms with van der Waals surface area (Å²) in [5.74, 6) is 0.602. The molecule has 2 N–H and O–H groups in total.